The van der Waals surface area contributed by atoms with Gasteiger partial charge in [-0.25, -0.2) is 4.79 Å². The van der Waals surface area contributed by atoms with Crippen LogP contribution in [-0.2, 0) is 19.5 Å². The van der Waals surface area contributed by atoms with E-state index in [1.807, 2.05) is 6.07 Å². The fourth-order valence-corrected chi connectivity index (χ4v) is 3.05. The molecule has 124 valence electrons. The topological polar surface area (TPSA) is 33.5 Å². The van der Waals surface area contributed by atoms with Crippen molar-refractivity contribution in [1.29, 1.82) is 0 Å². The van der Waals surface area contributed by atoms with Crippen LogP contribution in [0.4, 0.5) is 0 Å². The molecular formula is C21H23NO2. The molecule has 0 saturated carbocycles. The Kier molecular flexibility index (Phi) is 4.81. The van der Waals surface area contributed by atoms with Crippen LogP contribution >= 0.6 is 0 Å². The van der Waals surface area contributed by atoms with Crippen LogP contribution in [0.2, 0.25) is 0 Å². The number of hydrogen-bond donors (Lipinski definition) is 0. The number of hydrogen-bond acceptors (Lipinski definition) is 3. The molecule has 0 N–H and O–H groups in total. The first-order valence-electron chi connectivity index (χ1n) is 8.35. The van der Waals surface area contributed by atoms with Gasteiger partial charge in [-0.2, -0.15) is 0 Å². The van der Waals surface area contributed by atoms with Crippen LogP contribution in [0, 0.1) is 6.92 Å². The quantitative estimate of drug-likeness (QED) is 0.657. The molecule has 0 fully saturated rings. The Morgan fingerprint density at radius 3 is 2.50 bits per heavy atom. The summed E-state index contributed by atoms with van der Waals surface area (Å²) in [7, 11) is 2.08. The highest BCUT2D eigenvalue weighted by Gasteiger charge is 2.10. The third-order valence-electron chi connectivity index (χ3n) is 4.44. The minimum Gasteiger partial charge on any atom is -0.423 e. The van der Waals surface area contributed by atoms with Gasteiger partial charge >= 0.3 is 5.63 Å². The van der Waals surface area contributed by atoms with Gasteiger partial charge in [0.25, 0.3) is 0 Å². The molecule has 0 spiro atoms. The summed E-state index contributed by atoms with van der Waals surface area (Å²) >= 11 is 0. The highest BCUT2D eigenvalue weighted by atomic mass is 16.4. The van der Waals surface area contributed by atoms with Crippen LogP contribution < -0.4 is 5.63 Å². The van der Waals surface area contributed by atoms with Crippen molar-refractivity contribution in [2.24, 2.45) is 0 Å². The van der Waals surface area contributed by atoms with Crippen molar-refractivity contribution in [3.05, 3.63) is 81.2 Å². The second-order valence-corrected chi connectivity index (χ2v) is 6.37. The molecule has 0 bridgehead atoms. The summed E-state index contributed by atoms with van der Waals surface area (Å²) in [5.41, 5.74) is 5.18. The van der Waals surface area contributed by atoms with E-state index in [1.54, 1.807) is 6.07 Å². The molecule has 0 radical (unpaired) electrons. The van der Waals surface area contributed by atoms with Gasteiger partial charge in [-0.3, -0.25) is 4.90 Å². The Labute approximate surface area is 142 Å². The lowest BCUT2D eigenvalue weighted by molar-refractivity contribution is 0.319. The van der Waals surface area contributed by atoms with Crippen LogP contribution in [0.15, 0.2) is 57.7 Å². The van der Waals surface area contributed by atoms with Crippen molar-refractivity contribution < 1.29 is 4.42 Å². The molecule has 0 aliphatic heterocycles. The van der Waals surface area contributed by atoms with E-state index >= 15 is 0 Å². The summed E-state index contributed by atoms with van der Waals surface area (Å²) < 4.78 is 5.39. The molecule has 0 atom stereocenters. The Bertz CT molecular complexity index is 911. The lowest BCUT2D eigenvalue weighted by Crippen LogP contribution is -2.19. The molecule has 0 unspecified atom stereocenters. The molecule has 24 heavy (non-hydrogen) atoms. The molecule has 0 aliphatic rings. The number of fused-ring (bicyclic) bond motifs is 1. The van der Waals surface area contributed by atoms with Crippen LogP contribution in [0.1, 0.15) is 29.2 Å². The van der Waals surface area contributed by atoms with Crippen LogP contribution in [-0.4, -0.2) is 11.9 Å². The second kappa shape index (κ2) is 7.02. The van der Waals surface area contributed by atoms with Crippen LogP contribution in [0.5, 0.6) is 0 Å². The Balaban J connectivity index is 1.89. The lowest BCUT2D eigenvalue weighted by atomic mass is 10.1. The third kappa shape index (κ3) is 3.57. The minimum absolute atomic E-state index is 0.282. The van der Waals surface area contributed by atoms with E-state index in [1.165, 1.54) is 16.7 Å². The van der Waals surface area contributed by atoms with Gasteiger partial charge in [-0.1, -0.05) is 43.3 Å². The number of benzene rings is 2. The normalized spacial score (nSPS) is 11.3. The highest BCUT2D eigenvalue weighted by molar-refractivity contribution is 5.80. The van der Waals surface area contributed by atoms with Gasteiger partial charge < -0.3 is 4.42 Å². The second-order valence-electron chi connectivity index (χ2n) is 6.37. The van der Waals surface area contributed by atoms with E-state index in [-0.39, 0.29) is 5.63 Å². The molecule has 3 aromatic rings. The zero-order chi connectivity index (χ0) is 17.1. The fourth-order valence-electron chi connectivity index (χ4n) is 3.05. The van der Waals surface area contributed by atoms with E-state index in [9.17, 15) is 4.79 Å². The van der Waals surface area contributed by atoms with Gasteiger partial charge in [0.15, 0.2) is 0 Å². The van der Waals surface area contributed by atoms with Crippen molar-refractivity contribution in [2.45, 2.75) is 33.4 Å². The van der Waals surface area contributed by atoms with Crippen LogP contribution in [0.3, 0.4) is 0 Å². The van der Waals surface area contributed by atoms with Crippen molar-refractivity contribution in [2.75, 3.05) is 7.05 Å². The smallest absolute Gasteiger partial charge is 0.336 e. The first kappa shape index (κ1) is 16.5. The predicted octanol–water partition coefficient (Wildman–Crippen LogP) is 4.30. The first-order chi connectivity index (χ1) is 11.6. The summed E-state index contributed by atoms with van der Waals surface area (Å²) in [6.07, 6.45) is 0.928. The first-order valence-corrected chi connectivity index (χ1v) is 8.35. The minimum atomic E-state index is -0.282. The van der Waals surface area contributed by atoms with E-state index in [0.29, 0.717) is 12.1 Å². The summed E-state index contributed by atoms with van der Waals surface area (Å²) in [5, 5.41) is 1.02. The van der Waals surface area contributed by atoms with E-state index < -0.39 is 0 Å². The van der Waals surface area contributed by atoms with Gasteiger partial charge in [0.05, 0.1) is 0 Å². The predicted molar refractivity (Wildman–Crippen MR) is 98.2 cm³/mol. The zero-order valence-electron chi connectivity index (χ0n) is 14.5. The Hall–Kier alpha value is -2.39. The van der Waals surface area contributed by atoms with Crippen molar-refractivity contribution in [3.63, 3.8) is 0 Å². The van der Waals surface area contributed by atoms with Crippen LogP contribution in [0.25, 0.3) is 11.0 Å². The third-order valence-corrected chi connectivity index (χ3v) is 4.44. The maximum atomic E-state index is 11.9. The van der Waals surface area contributed by atoms with Gasteiger partial charge in [0.1, 0.15) is 5.58 Å². The summed E-state index contributed by atoms with van der Waals surface area (Å²) in [4.78, 5) is 14.1. The maximum Gasteiger partial charge on any atom is 0.336 e. The van der Waals surface area contributed by atoms with Gasteiger partial charge in [0, 0.05) is 24.5 Å². The average Bonchev–Trinajstić information content (AvgIpc) is 2.56. The summed E-state index contributed by atoms with van der Waals surface area (Å²) in [5.74, 6) is 0. The van der Waals surface area contributed by atoms with E-state index in [0.717, 1.165) is 23.9 Å². The van der Waals surface area contributed by atoms with Gasteiger partial charge in [-0.15, -0.1) is 0 Å². The molecule has 0 saturated heterocycles. The highest BCUT2D eigenvalue weighted by Crippen LogP contribution is 2.21. The molecule has 0 aliphatic carbocycles. The zero-order valence-corrected chi connectivity index (χ0v) is 14.5. The fraction of sp³-hybridized carbons (Fsp3) is 0.286. The summed E-state index contributed by atoms with van der Waals surface area (Å²) in [6.45, 7) is 5.78. The largest absolute Gasteiger partial charge is 0.423 e. The monoisotopic (exact) mass is 321 g/mol. The lowest BCUT2D eigenvalue weighted by Gasteiger charge is -2.19. The Morgan fingerprint density at radius 1 is 1.00 bits per heavy atom. The standard InChI is InChI=1S/C21H23NO2/c1-4-16-9-10-19-18(12-21(23)24-20(19)11-16)14-22(3)13-17-8-6-5-7-15(17)2/h5-12H,4,13-14H2,1-3H3. The molecular weight excluding hydrogens is 298 g/mol. The molecule has 3 heteroatoms. The van der Waals surface area contributed by atoms with Crippen molar-refractivity contribution in [3.8, 4) is 0 Å². The molecule has 3 nitrogen and oxygen atoms in total. The average molecular weight is 321 g/mol. The molecule has 0 amide bonds. The summed E-state index contributed by atoms with van der Waals surface area (Å²) in [6, 6.07) is 16.2. The molecule has 2 aromatic carbocycles. The Morgan fingerprint density at radius 2 is 1.75 bits per heavy atom. The maximum absolute atomic E-state index is 11.9. The van der Waals surface area contributed by atoms with Gasteiger partial charge in [0.2, 0.25) is 0 Å². The SMILES string of the molecule is CCc1ccc2c(CN(C)Cc3ccccc3C)cc(=O)oc2c1. The van der Waals surface area contributed by atoms with E-state index in [2.05, 4.69) is 62.2 Å². The molecule has 1 heterocycles. The van der Waals surface area contributed by atoms with E-state index in [4.69, 9.17) is 4.42 Å². The van der Waals surface area contributed by atoms with Gasteiger partial charge in [-0.05, 0) is 48.7 Å². The number of aryl methyl sites for hydroxylation is 2. The molecule has 3 rings (SSSR count). The number of rotatable bonds is 5. The van der Waals surface area contributed by atoms with Crippen molar-refractivity contribution in [1.82, 2.24) is 4.90 Å². The number of nitrogens with zero attached hydrogens (tertiary/aromatic N) is 1. The van der Waals surface area contributed by atoms with Crippen molar-refractivity contribution >= 4 is 11.0 Å². The molecule has 1 aromatic heterocycles.